The fraction of sp³-hybridized carbons (Fsp3) is 0.381. The van der Waals surface area contributed by atoms with Crippen LogP contribution in [0.3, 0.4) is 0 Å². The second-order valence-corrected chi connectivity index (χ2v) is 14.6. The van der Waals surface area contributed by atoms with Crippen LogP contribution in [0.5, 0.6) is 5.75 Å². The number of carbonyl (C=O) groups excluding carboxylic acids is 2. The number of aryl methyl sites for hydroxylation is 1. The number of anilines is 2. The Kier molecular flexibility index (Phi) is 9.49. The molecule has 0 bridgehead atoms. The minimum atomic E-state index is -0.500. The van der Waals surface area contributed by atoms with E-state index in [1.54, 1.807) is 12.1 Å². The number of piperidine rings is 1. The molecule has 2 N–H and O–H groups in total. The van der Waals surface area contributed by atoms with Gasteiger partial charge in [0.05, 0.1) is 0 Å². The zero-order valence-corrected chi connectivity index (χ0v) is 29.0. The molecule has 1 aliphatic carbocycles. The Labute approximate surface area is 299 Å². The number of urea groups is 1. The maximum atomic E-state index is 15.1. The van der Waals surface area contributed by atoms with Crippen molar-refractivity contribution < 1.29 is 19.1 Å². The zero-order valence-electron chi connectivity index (χ0n) is 29.0. The number of hydrogen-bond acceptors (Lipinski definition) is 6. The Morgan fingerprint density at radius 1 is 0.725 bits per heavy atom. The largest absolute Gasteiger partial charge is 0.508 e. The monoisotopic (exact) mass is 687 g/mol. The average Bonchev–Trinajstić information content (AvgIpc) is 3.16. The standard InChI is InChI=1S/C42H46FN5O3/c43-39-27-35(48-21-18-40(50)44-42(48)51)12-8-32(39)28-45-22-24-47(25-23-45)34-16-19-46(20-17-34)33-10-6-30(7-11-33)41-37(29-4-2-1-3-5-29)14-9-31-26-36(49)13-15-38(31)41/h1-8,10-13,15,26-27,34,37,41,49H,9,14,16-25,28H2,(H,44,50,51)/t37-,41+/m1/s1. The molecular formula is C42H46FN5O3. The molecule has 3 fully saturated rings. The van der Waals surface area contributed by atoms with Crippen molar-refractivity contribution in [3.63, 3.8) is 0 Å². The number of amides is 3. The summed E-state index contributed by atoms with van der Waals surface area (Å²) >= 11 is 0. The maximum absolute atomic E-state index is 15.1. The first-order valence-electron chi connectivity index (χ1n) is 18.5. The Morgan fingerprint density at radius 3 is 2.20 bits per heavy atom. The second-order valence-electron chi connectivity index (χ2n) is 14.6. The fourth-order valence-corrected chi connectivity index (χ4v) is 8.83. The van der Waals surface area contributed by atoms with E-state index in [1.165, 1.54) is 38.9 Å². The smallest absolute Gasteiger partial charge is 0.328 e. The first-order valence-corrected chi connectivity index (χ1v) is 18.5. The van der Waals surface area contributed by atoms with Crippen molar-refractivity contribution in [1.29, 1.82) is 0 Å². The Morgan fingerprint density at radius 2 is 1.47 bits per heavy atom. The summed E-state index contributed by atoms with van der Waals surface area (Å²) in [6.45, 7) is 6.61. The molecule has 0 unspecified atom stereocenters. The van der Waals surface area contributed by atoms with Gasteiger partial charge in [0.15, 0.2) is 0 Å². The lowest BCUT2D eigenvalue weighted by Crippen LogP contribution is -2.53. The van der Waals surface area contributed by atoms with E-state index >= 15 is 4.39 Å². The van der Waals surface area contributed by atoms with Crippen molar-refractivity contribution in [2.24, 2.45) is 0 Å². The first kappa shape index (κ1) is 33.4. The number of fused-ring (bicyclic) bond motifs is 1. The van der Waals surface area contributed by atoms with E-state index in [0.717, 1.165) is 65.0 Å². The molecule has 264 valence electrons. The van der Waals surface area contributed by atoms with E-state index in [9.17, 15) is 14.7 Å². The Balaban J connectivity index is 0.853. The molecule has 4 aromatic rings. The number of halogens is 1. The zero-order chi connectivity index (χ0) is 34.9. The molecule has 8 nitrogen and oxygen atoms in total. The summed E-state index contributed by atoms with van der Waals surface area (Å²) in [6.07, 6.45) is 4.50. The molecule has 3 saturated heterocycles. The van der Waals surface area contributed by atoms with Gasteiger partial charge in [-0.15, -0.1) is 0 Å². The third kappa shape index (κ3) is 7.10. The average molecular weight is 688 g/mol. The topological polar surface area (TPSA) is 79.4 Å². The number of aromatic hydroxyl groups is 1. The van der Waals surface area contributed by atoms with E-state index in [1.807, 2.05) is 12.1 Å². The van der Waals surface area contributed by atoms with Crippen molar-refractivity contribution in [1.82, 2.24) is 15.1 Å². The SMILES string of the molecule is O=C1CCN(c2ccc(CN3CCN(C4CCN(c5ccc([C@@H]6c7ccc(O)cc7CC[C@@H]6c6ccccc6)cc5)CC4)CC3)c(F)c2)C(=O)N1. The Bertz CT molecular complexity index is 1870. The summed E-state index contributed by atoms with van der Waals surface area (Å²) in [7, 11) is 0. The summed E-state index contributed by atoms with van der Waals surface area (Å²) in [4.78, 5) is 32.5. The van der Waals surface area contributed by atoms with Gasteiger partial charge >= 0.3 is 6.03 Å². The van der Waals surface area contributed by atoms with Gasteiger partial charge in [-0.25, -0.2) is 9.18 Å². The number of piperazine rings is 1. The third-order valence-corrected chi connectivity index (χ3v) is 11.6. The summed E-state index contributed by atoms with van der Waals surface area (Å²) in [5, 5.41) is 12.5. The summed E-state index contributed by atoms with van der Waals surface area (Å²) < 4.78 is 15.1. The highest BCUT2D eigenvalue weighted by atomic mass is 19.1. The molecule has 51 heavy (non-hydrogen) atoms. The highest BCUT2D eigenvalue weighted by Gasteiger charge is 2.33. The number of phenols is 1. The molecule has 2 atom stereocenters. The van der Waals surface area contributed by atoms with Crippen LogP contribution in [0.15, 0.2) is 91.0 Å². The predicted molar refractivity (Wildman–Crippen MR) is 198 cm³/mol. The van der Waals surface area contributed by atoms with Gasteiger partial charge in [-0.05, 0) is 90.3 Å². The van der Waals surface area contributed by atoms with E-state index in [4.69, 9.17) is 0 Å². The molecule has 4 aliphatic rings. The quantitative estimate of drug-likeness (QED) is 0.227. The molecule has 4 aromatic carbocycles. The number of benzene rings is 4. The van der Waals surface area contributed by atoms with E-state index in [2.05, 4.69) is 80.7 Å². The van der Waals surface area contributed by atoms with Crippen LogP contribution < -0.4 is 15.1 Å². The molecule has 0 aromatic heterocycles. The van der Waals surface area contributed by atoms with Gasteiger partial charge < -0.3 is 10.0 Å². The molecule has 0 saturated carbocycles. The lowest BCUT2D eigenvalue weighted by molar-refractivity contribution is -0.120. The van der Waals surface area contributed by atoms with Gasteiger partial charge in [-0.1, -0.05) is 54.6 Å². The molecule has 3 aliphatic heterocycles. The number of phenolic OH excluding ortho intramolecular Hbond substituents is 1. The van der Waals surface area contributed by atoms with Gasteiger partial charge in [0.25, 0.3) is 0 Å². The van der Waals surface area contributed by atoms with Crippen LogP contribution in [0, 0.1) is 5.82 Å². The molecule has 9 heteroatoms. The summed E-state index contributed by atoms with van der Waals surface area (Å²) in [5.41, 5.74) is 7.67. The van der Waals surface area contributed by atoms with Gasteiger partial charge in [-0.2, -0.15) is 0 Å². The number of nitrogens with one attached hydrogen (secondary N) is 1. The van der Waals surface area contributed by atoms with Crippen molar-refractivity contribution >= 4 is 23.3 Å². The Hall–Kier alpha value is -4.73. The number of hydrogen-bond donors (Lipinski definition) is 2. The highest BCUT2D eigenvalue weighted by molar-refractivity contribution is 6.05. The maximum Gasteiger partial charge on any atom is 0.328 e. The van der Waals surface area contributed by atoms with Crippen LogP contribution in [0.2, 0.25) is 0 Å². The molecule has 0 radical (unpaired) electrons. The van der Waals surface area contributed by atoms with Gasteiger partial charge in [0, 0.05) is 87.7 Å². The molecule has 3 heterocycles. The van der Waals surface area contributed by atoms with Crippen molar-refractivity contribution in [3.8, 4) is 5.75 Å². The van der Waals surface area contributed by atoms with Crippen molar-refractivity contribution in [2.45, 2.75) is 56.5 Å². The van der Waals surface area contributed by atoms with Crippen LogP contribution in [0.1, 0.15) is 65.3 Å². The summed E-state index contributed by atoms with van der Waals surface area (Å²) in [6, 6.07) is 31.1. The van der Waals surface area contributed by atoms with E-state index < -0.39 is 6.03 Å². The van der Waals surface area contributed by atoms with Crippen molar-refractivity contribution in [3.05, 3.63) is 125 Å². The van der Waals surface area contributed by atoms with Gasteiger partial charge in [-0.3, -0.25) is 24.8 Å². The van der Waals surface area contributed by atoms with Crippen molar-refractivity contribution in [2.75, 3.05) is 55.6 Å². The van der Waals surface area contributed by atoms with Crippen LogP contribution in [0.25, 0.3) is 0 Å². The van der Waals surface area contributed by atoms with Crippen LogP contribution in [0.4, 0.5) is 20.6 Å². The number of carbonyl (C=O) groups is 2. The van der Waals surface area contributed by atoms with E-state index in [-0.39, 0.29) is 30.6 Å². The first-order chi connectivity index (χ1) is 24.9. The fourth-order valence-electron chi connectivity index (χ4n) is 8.83. The second kappa shape index (κ2) is 14.5. The van der Waals surface area contributed by atoms with Gasteiger partial charge in [0.1, 0.15) is 11.6 Å². The molecular weight excluding hydrogens is 641 g/mol. The predicted octanol–water partition coefficient (Wildman–Crippen LogP) is 6.63. The van der Waals surface area contributed by atoms with E-state index in [0.29, 0.717) is 35.5 Å². The lowest BCUT2D eigenvalue weighted by atomic mass is 9.69. The number of rotatable bonds is 7. The summed E-state index contributed by atoms with van der Waals surface area (Å²) in [5.74, 6) is 0.372. The molecule has 8 rings (SSSR count). The normalized spacial score (nSPS) is 22.1. The highest BCUT2D eigenvalue weighted by Crippen LogP contribution is 2.47. The molecule has 3 amide bonds. The minimum Gasteiger partial charge on any atom is -0.508 e. The molecule has 0 spiro atoms. The lowest BCUT2D eigenvalue weighted by Gasteiger charge is -2.43. The van der Waals surface area contributed by atoms with Crippen LogP contribution in [-0.4, -0.2) is 78.7 Å². The van der Waals surface area contributed by atoms with Crippen LogP contribution in [-0.2, 0) is 17.8 Å². The minimum absolute atomic E-state index is 0.214. The van der Waals surface area contributed by atoms with Crippen LogP contribution >= 0.6 is 0 Å². The third-order valence-electron chi connectivity index (χ3n) is 11.6. The number of nitrogens with zero attached hydrogens (tertiary/aromatic N) is 4. The number of imide groups is 1. The van der Waals surface area contributed by atoms with Gasteiger partial charge in [0.2, 0.25) is 5.91 Å².